The van der Waals surface area contributed by atoms with Crippen molar-refractivity contribution in [3.05, 3.63) is 12.2 Å². The van der Waals surface area contributed by atoms with Gasteiger partial charge in [0.05, 0.1) is 0 Å². The minimum Gasteiger partial charge on any atom is -0.550 e. The lowest BCUT2D eigenvalue weighted by atomic mass is 10.1. The van der Waals surface area contributed by atoms with Gasteiger partial charge in [0.25, 0.3) is 0 Å². The van der Waals surface area contributed by atoms with Crippen LogP contribution in [0.25, 0.3) is 0 Å². The van der Waals surface area contributed by atoms with Gasteiger partial charge in [-0.25, -0.2) is 0 Å². The highest BCUT2D eigenvalue weighted by Gasteiger charge is 1.90. The summed E-state index contributed by atoms with van der Waals surface area (Å²) in [5.41, 5.74) is 0. The molecule has 0 radical (unpaired) electrons. The molecule has 0 aromatic carbocycles. The van der Waals surface area contributed by atoms with E-state index in [1.165, 1.54) is 51.4 Å². The van der Waals surface area contributed by atoms with Crippen LogP contribution >= 0.6 is 0 Å². The molecule has 0 atom stereocenters. The molecule has 0 fully saturated rings. The Balaban J connectivity index is 3.06. The lowest BCUT2D eigenvalue weighted by Crippen LogP contribution is -2.21. The van der Waals surface area contributed by atoms with Gasteiger partial charge in [0, 0.05) is 5.97 Å². The topological polar surface area (TPSA) is 40.1 Å². The Bertz CT molecular complexity index is 209. The predicted octanol–water partition coefficient (Wildman–Crippen LogP) is 3.99. The second-order valence-electron chi connectivity index (χ2n) is 5.00. The van der Waals surface area contributed by atoms with Crippen molar-refractivity contribution in [2.24, 2.45) is 0 Å². The molecule has 0 unspecified atom stereocenters. The first-order valence-corrected chi connectivity index (χ1v) is 7.62. The van der Waals surface area contributed by atoms with Crippen LogP contribution in [0.4, 0.5) is 0 Å². The second kappa shape index (κ2) is 14.3. The molecular weight excluding hydrogens is 224 g/mol. The fourth-order valence-electron chi connectivity index (χ4n) is 2.00. The van der Waals surface area contributed by atoms with E-state index in [0.717, 1.165) is 12.8 Å². The summed E-state index contributed by atoms with van der Waals surface area (Å²) < 4.78 is 0. The molecule has 0 aromatic heterocycles. The Morgan fingerprint density at radius 3 is 1.89 bits per heavy atom. The Kier molecular flexibility index (Phi) is 13.6. The summed E-state index contributed by atoms with van der Waals surface area (Å²) in [5, 5.41) is 10.2. The van der Waals surface area contributed by atoms with Gasteiger partial charge in [0.1, 0.15) is 0 Å². The molecule has 2 heteroatoms. The highest BCUT2D eigenvalue weighted by atomic mass is 16.4. The molecule has 0 heterocycles. The maximum absolute atomic E-state index is 10.2. The van der Waals surface area contributed by atoms with E-state index in [9.17, 15) is 9.90 Å². The summed E-state index contributed by atoms with van der Waals surface area (Å²) in [7, 11) is 0. The minimum absolute atomic E-state index is 0.183. The number of allylic oxidation sites excluding steroid dienone is 2. The summed E-state index contributed by atoms with van der Waals surface area (Å²) in [6.45, 7) is 2.25. The number of rotatable bonds is 13. The van der Waals surface area contributed by atoms with Gasteiger partial charge in [-0.15, -0.1) is 0 Å². The standard InChI is InChI=1S/C16H30O2/c1-2-3-4-5-6-7-8-9-10-11-12-13-14-15-16(17)18/h11-12H,2-10,13-15H2,1H3,(H,17,18)/p-1/b12-11+. The highest BCUT2D eigenvalue weighted by molar-refractivity contribution is 5.64. The molecule has 0 aliphatic carbocycles. The third kappa shape index (κ3) is 15.2. The first-order chi connectivity index (χ1) is 8.77. The van der Waals surface area contributed by atoms with E-state index in [-0.39, 0.29) is 6.42 Å². The molecule has 0 saturated carbocycles. The molecular formula is C16H29O2-. The van der Waals surface area contributed by atoms with Gasteiger partial charge >= 0.3 is 0 Å². The molecule has 0 spiro atoms. The Morgan fingerprint density at radius 2 is 1.33 bits per heavy atom. The summed E-state index contributed by atoms with van der Waals surface area (Å²) in [6, 6.07) is 0. The van der Waals surface area contributed by atoms with Gasteiger partial charge in [-0.3, -0.25) is 0 Å². The molecule has 0 aromatic rings. The molecule has 106 valence electrons. The maximum Gasteiger partial charge on any atom is 0.0414 e. The van der Waals surface area contributed by atoms with Crippen LogP contribution in [0, 0.1) is 0 Å². The van der Waals surface area contributed by atoms with Gasteiger partial charge < -0.3 is 9.90 Å². The number of aliphatic carboxylic acids is 1. The molecule has 2 nitrogen and oxygen atoms in total. The Labute approximate surface area is 112 Å². The van der Waals surface area contributed by atoms with Crippen LogP contribution in [0.15, 0.2) is 12.2 Å². The zero-order chi connectivity index (χ0) is 13.5. The zero-order valence-corrected chi connectivity index (χ0v) is 12.0. The fourth-order valence-corrected chi connectivity index (χ4v) is 2.00. The Hall–Kier alpha value is -0.790. The molecule has 0 rings (SSSR count). The van der Waals surface area contributed by atoms with E-state index in [4.69, 9.17) is 0 Å². The van der Waals surface area contributed by atoms with Gasteiger partial charge in [-0.2, -0.15) is 0 Å². The van der Waals surface area contributed by atoms with Crippen LogP contribution < -0.4 is 5.11 Å². The number of carboxylic acids is 1. The van der Waals surface area contributed by atoms with Crippen LogP contribution in [0.5, 0.6) is 0 Å². The minimum atomic E-state index is -0.938. The van der Waals surface area contributed by atoms with E-state index in [0.29, 0.717) is 6.42 Å². The van der Waals surface area contributed by atoms with Crippen LogP contribution in [-0.2, 0) is 4.79 Å². The van der Waals surface area contributed by atoms with E-state index in [1.807, 2.05) is 0 Å². The van der Waals surface area contributed by atoms with E-state index in [1.54, 1.807) is 0 Å². The van der Waals surface area contributed by atoms with Crippen molar-refractivity contribution in [1.82, 2.24) is 0 Å². The number of carbonyl (C=O) groups excluding carboxylic acids is 1. The lowest BCUT2D eigenvalue weighted by molar-refractivity contribution is -0.305. The first kappa shape index (κ1) is 17.2. The van der Waals surface area contributed by atoms with E-state index < -0.39 is 5.97 Å². The van der Waals surface area contributed by atoms with Crippen molar-refractivity contribution in [2.75, 3.05) is 0 Å². The van der Waals surface area contributed by atoms with Crippen LogP contribution in [0.1, 0.15) is 84.0 Å². The van der Waals surface area contributed by atoms with Crippen LogP contribution in [-0.4, -0.2) is 5.97 Å². The van der Waals surface area contributed by atoms with Crippen LogP contribution in [0.3, 0.4) is 0 Å². The smallest absolute Gasteiger partial charge is 0.0414 e. The quantitative estimate of drug-likeness (QED) is 0.368. The average molecular weight is 253 g/mol. The van der Waals surface area contributed by atoms with E-state index >= 15 is 0 Å². The normalized spacial score (nSPS) is 11.2. The predicted molar refractivity (Wildman–Crippen MR) is 75.2 cm³/mol. The molecule has 0 amide bonds. The number of hydrogen-bond donors (Lipinski definition) is 0. The van der Waals surface area contributed by atoms with Crippen molar-refractivity contribution in [3.8, 4) is 0 Å². The first-order valence-electron chi connectivity index (χ1n) is 7.62. The fraction of sp³-hybridized carbons (Fsp3) is 0.812. The van der Waals surface area contributed by atoms with Gasteiger partial charge in [-0.1, -0.05) is 64.0 Å². The monoisotopic (exact) mass is 253 g/mol. The number of carboxylic acid groups (broad SMARTS) is 1. The highest BCUT2D eigenvalue weighted by Crippen LogP contribution is 2.09. The van der Waals surface area contributed by atoms with Crippen LogP contribution in [0.2, 0.25) is 0 Å². The van der Waals surface area contributed by atoms with Crippen molar-refractivity contribution < 1.29 is 9.90 Å². The van der Waals surface area contributed by atoms with E-state index in [2.05, 4.69) is 19.1 Å². The summed E-state index contributed by atoms with van der Waals surface area (Å²) in [6.07, 6.45) is 18.0. The van der Waals surface area contributed by atoms with Gasteiger partial charge in [-0.05, 0) is 32.1 Å². The second-order valence-corrected chi connectivity index (χ2v) is 5.00. The average Bonchev–Trinajstić information content (AvgIpc) is 2.34. The third-order valence-corrected chi connectivity index (χ3v) is 3.14. The Morgan fingerprint density at radius 1 is 0.833 bits per heavy atom. The molecule has 0 bridgehead atoms. The van der Waals surface area contributed by atoms with Gasteiger partial charge in [0.15, 0.2) is 0 Å². The van der Waals surface area contributed by atoms with Gasteiger partial charge in [0.2, 0.25) is 0 Å². The molecule has 0 aliphatic heterocycles. The lowest BCUT2D eigenvalue weighted by Gasteiger charge is -2.00. The largest absolute Gasteiger partial charge is 0.550 e. The maximum atomic E-state index is 10.2. The van der Waals surface area contributed by atoms with Crippen molar-refractivity contribution in [2.45, 2.75) is 84.0 Å². The van der Waals surface area contributed by atoms with Crippen molar-refractivity contribution >= 4 is 5.97 Å². The zero-order valence-electron chi connectivity index (χ0n) is 12.0. The van der Waals surface area contributed by atoms with Crippen molar-refractivity contribution in [1.29, 1.82) is 0 Å². The summed E-state index contributed by atoms with van der Waals surface area (Å²) in [4.78, 5) is 10.2. The SMILES string of the molecule is CCCCCCCCCC/C=C/CCCC(=O)[O-]. The molecule has 0 N–H and O–H groups in total. The third-order valence-electron chi connectivity index (χ3n) is 3.14. The van der Waals surface area contributed by atoms with Crippen molar-refractivity contribution in [3.63, 3.8) is 0 Å². The molecule has 18 heavy (non-hydrogen) atoms. The molecule has 0 saturated heterocycles. The number of hydrogen-bond acceptors (Lipinski definition) is 2. The summed E-state index contributed by atoms with van der Waals surface area (Å²) in [5.74, 6) is -0.938. The molecule has 0 aliphatic rings. The number of unbranched alkanes of at least 4 members (excludes halogenated alkanes) is 9. The number of carbonyl (C=O) groups is 1. The summed E-state index contributed by atoms with van der Waals surface area (Å²) >= 11 is 0.